The molecule has 2 heterocycles. The maximum absolute atomic E-state index is 2.44. The molecule has 0 saturated heterocycles. The Balaban J connectivity index is 0.929. The molecule has 13 rings (SSSR count). The molecule has 0 spiro atoms. The monoisotopic (exact) mass is 818 g/mol. The molecule has 0 aliphatic carbocycles. The van der Waals surface area contributed by atoms with Crippen molar-refractivity contribution in [1.29, 1.82) is 0 Å². The number of rotatable bonds is 6. The van der Waals surface area contributed by atoms with Gasteiger partial charge >= 0.3 is 0 Å². The van der Waals surface area contributed by atoms with Crippen LogP contribution >= 0.6 is 11.3 Å². The molecule has 0 unspecified atom stereocenters. The molecule has 11 aromatic carbocycles. The highest BCUT2D eigenvalue weighted by Crippen LogP contribution is 2.42. The molecule has 63 heavy (non-hydrogen) atoms. The molecule has 13 aromatic rings. The Kier molecular flexibility index (Phi) is 8.12. The SMILES string of the molecule is c1ccc(-n2c3cc(-c4ccc(N(c5ccc(-c6ccc7c(c6)sc6ccccc67)cc5)c5ccc6ccc7ccccc7c6c5)cc4)ccc3c3ccc4ccccc4c32)cc1. The average Bonchev–Trinajstić information content (AvgIpc) is 3.90. The zero-order valence-corrected chi connectivity index (χ0v) is 35.1. The third-order valence-corrected chi connectivity index (χ3v) is 14.1. The minimum Gasteiger partial charge on any atom is -0.310 e. The lowest BCUT2D eigenvalue weighted by Gasteiger charge is -2.26. The van der Waals surface area contributed by atoms with E-state index in [1.807, 2.05) is 11.3 Å². The van der Waals surface area contributed by atoms with Crippen LogP contribution in [-0.4, -0.2) is 4.57 Å². The van der Waals surface area contributed by atoms with Gasteiger partial charge in [0.05, 0.1) is 11.0 Å². The Bertz CT molecular complexity index is 3900. The predicted molar refractivity (Wildman–Crippen MR) is 272 cm³/mol. The summed E-state index contributed by atoms with van der Waals surface area (Å²) in [6, 6.07) is 84.8. The maximum Gasteiger partial charge on any atom is 0.0619 e. The zero-order chi connectivity index (χ0) is 41.4. The van der Waals surface area contributed by atoms with Crippen molar-refractivity contribution in [1.82, 2.24) is 4.57 Å². The van der Waals surface area contributed by atoms with Crippen LogP contribution in [0.25, 0.3) is 102 Å². The van der Waals surface area contributed by atoms with Crippen molar-refractivity contribution in [3.05, 3.63) is 231 Å². The van der Waals surface area contributed by atoms with Crippen molar-refractivity contribution in [3.63, 3.8) is 0 Å². The molecule has 0 N–H and O–H groups in total. The fourth-order valence-electron chi connectivity index (χ4n) is 9.89. The number of anilines is 3. The standard InChI is InChI=1S/C60H38N2S/c1-2-12-46(13-3-1)62-57-36-44(26-33-52(57)55-35-25-42-11-5-7-15-51(42)60(55)62)39-20-28-47(29-21-39)61(49-32-24-43-19-18-41-10-4-6-14-50(41)56(43)38-49)48-30-22-40(23-31-48)45-27-34-54-53-16-8-9-17-58(53)63-59(54)37-45/h1-38H. The summed E-state index contributed by atoms with van der Waals surface area (Å²) in [5.41, 5.74) is 11.7. The molecule has 294 valence electrons. The lowest BCUT2D eigenvalue weighted by molar-refractivity contribution is 1.19. The van der Waals surface area contributed by atoms with Crippen molar-refractivity contribution in [3.8, 4) is 27.9 Å². The number of nitrogens with zero attached hydrogens (tertiary/aromatic N) is 2. The summed E-state index contributed by atoms with van der Waals surface area (Å²) in [6.45, 7) is 0. The van der Waals surface area contributed by atoms with Crippen LogP contribution in [0.15, 0.2) is 231 Å². The highest BCUT2D eigenvalue weighted by atomic mass is 32.1. The van der Waals surface area contributed by atoms with Gasteiger partial charge in [0, 0.05) is 59.1 Å². The van der Waals surface area contributed by atoms with Gasteiger partial charge in [0.15, 0.2) is 0 Å². The van der Waals surface area contributed by atoms with Crippen LogP contribution in [0.2, 0.25) is 0 Å². The van der Waals surface area contributed by atoms with E-state index in [1.165, 1.54) is 96.5 Å². The van der Waals surface area contributed by atoms with Gasteiger partial charge in [-0.2, -0.15) is 0 Å². The molecular weight excluding hydrogens is 781 g/mol. The van der Waals surface area contributed by atoms with Gasteiger partial charge in [0.2, 0.25) is 0 Å². The second-order valence-electron chi connectivity index (χ2n) is 16.5. The molecule has 0 aliphatic rings. The van der Waals surface area contributed by atoms with E-state index in [0.29, 0.717) is 0 Å². The van der Waals surface area contributed by atoms with E-state index in [9.17, 15) is 0 Å². The summed E-state index contributed by atoms with van der Waals surface area (Å²) in [5, 5.41) is 12.6. The summed E-state index contributed by atoms with van der Waals surface area (Å²) in [7, 11) is 0. The number of hydrogen-bond donors (Lipinski definition) is 0. The molecule has 3 heteroatoms. The third kappa shape index (κ3) is 5.85. The van der Waals surface area contributed by atoms with Crippen LogP contribution in [0.3, 0.4) is 0 Å². The van der Waals surface area contributed by atoms with Crippen LogP contribution in [-0.2, 0) is 0 Å². The van der Waals surface area contributed by atoms with Crippen LogP contribution in [0.5, 0.6) is 0 Å². The molecule has 0 aliphatic heterocycles. The fourth-order valence-corrected chi connectivity index (χ4v) is 11.0. The van der Waals surface area contributed by atoms with Crippen molar-refractivity contribution >= 4 is 103 Å². The second-order valence-corrected chi connectivity index (χ2v) is 17.6. The quantitative estimate of drug-likeness (QED) is 0.152. The first-order chi connectivity index (χ1) is 31.2. The zero-order valence-electron chi connectivity index (χ0n) is 34.2. The molecule has 0 bridgehead atoms. The number of para-hydroxylation sites is 1. The third-order valence-electron chi connectivity index (χ3n) is 13.0. The van der Waals surface area contributed by atoms with Crippen LogP contribution in [0, 0.1) is 0 Å². The molecule has 0 atom stereocenters. The van der Waals surface area contributed by atoms with E-state index in [4.69, 9.17) is 0 Å². The van der Waals surface area contributed by atoms with Gasteiger partial charge in [-0.15, -0.1) is 11.3 Å². The van der Waals surface area contributed by atoms with Gasteiger partial charge in [-0.3, -0.25) is 0 Å². The lowest BCUT2D eigenvalue weighted by atomic mass is 10.00. The summed E-state index contributed by atoms with van der Waals surface area (Å²) < 4.78 is 5.09. The Morgan fingerprint density at radius 2 is 0.810 bits per heavy atom. The topological polar surface area (TPSA) is 8.17 Å². The van der Waals surface area contributed by atoms with Crippen LogP contribution < -0.4 is 4.90 Å². The Morgan fingerprint density at radius 1 is 0.302 bits per heavy atom. The van der Waals surface area contributed by atoms with E-state index < -0.39 is 0 Å². The highest BCUT2D eigenvalue weighted by molar-refractivity contribution is 7.25. The first-order valence-corrected chi connectivity index (χ1v) is 22.4. The Hall–Kier alpha value is -7.98. The van der Waals surface area contributed by atoms with Crippen molar-refractivity contribution in [2.45, 2.75) is 0 Å². The van der Waals surface area contributed by atoms with E-state index in [2.05, 4.69) is 240 Å². The minimum absolute atomic E-state index is 1.10. The van der Waals surface area contributed by atoms with Gasteiger partial charge in [0.1, 0.15) is 0 Å². The Labute approximate surface area is 368 Å². The van der Waals surface area contributed by atoms with Crippen molar-refractivity contribution in [2.24, 2.45) is 0 Å². The van der Waals surface area contributed by atoms with Crippen molar-refractivity contribution < 1.29 is 0 Å². The molecule has 0 amide bonds. The molecular formula is C60H38N2S. The van der Waals surface area contributed by atoms with Crippen LogP contribution in [0.4, 0.5) is 17.1 Å². The van der Waals surface area contributed by atoms with E-state index in [1.54, 1.807) is 0 Å². The van der Waals surface area contributed by atoms with Gasteiger partial charge in [-0.05, 0) is 116 Å². The normalized spacial score (nSPS) is 11.8. The predicted octanol–water partition coefficient (Wildman–Crippen LogP) is 17.4. The number of aromatic nitrogens is 1. The Morgan fingerprint density at radius 3 is 1.56 bits per heavy atom. The van der Waals surface area contributed by atoms with Gasteiger partial charge in [0.25, 0.3) is 0 Å². The minimum atomic E-state index is 1.10. The van der Waals surface area contributed by atoms with E-state index in [0.717, 1.165) is 22.7 Å². The van der Waals surface area contributed by atoms with Crippen molar-refractivity contribution in [2.75, 3.05) is 4.90 Å². The van der Waals surface area contributed by atoms with Gasteiger partial charge in [-0.25, -0.2) is 0 Å². The summed E-state index contributed by atoms with van der Waals surface area (Å²) in [5.74, 6) is 0. The molecule has 0 saturated carbocycles. The molecule has 0 radical (unpaired) electrons. The summed E-state index contributed by atoms with van der Waals surface area (Å²) in [6.07, 6.45) is 0. The first kappa shape index (κ1) is 35.7. The van der Waals surface area contributed by atoms with E-state index >= 15 is 0 Å². The largest absolute Gasteiger partial charge is 0.310 e. The molecule has 2 aromatic heterocycles. The lowest BCUT2D eigenvalue weighted by Crippen LogP contribution is -2.09. The smallest absolute Gasteiger partial charge is 0.0619 e. The van der Waals surface area contributed by atoms with Gasteiger partial charge < -0.3 is 9.47 Å². The van der Waals surface area contributed by atoms with Crippen LogP contribution in [0.1, 0.15) is 0 Å². The second kappa shape index (κ2) is 14.3. The summed E-state index contributed by atoms with van der Waals surface area (Å²) in [4.78, 5) is 2.39. The number of benzene rings is 11. The van der Waals surface area contributed by atoms with Gasteiger partial charge in [-0.1, -0.05) is 164 Å². The van der Waals surface area contributed by atoms with E-state index in [-0.39, 0.29) is 0 Å². The molecule has 2 nitrogen and oxygen atoms in total. The highest BCUT2D eigenvalue weighted by Gasteiger charge is 2.18. The maximum atomic E-state index is 2.44. The number of hydrogen-bond acceptors (Lipinski definition) is 2. The first-order valence-electron chi connectivity index (χ1n) is 21.6. The summed E-state index contributed by atoms with van der Waals surface area (Å²) >= 11 is 1.87. The number of thiophene rings is 1. The molecule has 0 fully saturated rings. The fraction of sp³-hybridized carbons (Fsp3) is 0. The number of fused-ring (bicyclic) bond motifs is 11. The average molecular weight is 819 g/mol.